The molecule has 0 spiro atoms. The molecule has 0 aliphatic carbocycles. The summed E-state index contributed by atoms with van der Waals surface area (Å²) in [6.45, 7) is 0.359. The number of carbonyl (C=O) groups excluding carboxylic acids is 1. The summed E-state index contributed by atoms with van der Waals surface area (Å²) in [5.74, 6) is -0.523. The van der Waals surface area contributed by atoms with Crippen molar-refractivity contribution in [1.82, 2.24) is 15.5 Å². The molecule has 1 aromatic carbocycles. The van der Waals surface area contributed by atoms with E-state index in [0.717, 1.165) is 5.56 Å². The van der Waals surface area contributed by atoms with Crippen LogP contribution in [0.5, 0.6) is 0 Å². The first kappa shape index (κ1) is 10.4. The predicted molar refractivity (Wildman–Crippen MR) is 56.2 cm³/mol. The number of aromatic amines is 1. The van der Waals surface area contributed by atoms with Crippen LogP contribution in [-0.2, 0) is 6.54 Å². The largest absolute Gasteiger partial charge is 0.347 e. The predicted octanol–water partition coefficient (Wildman–Crippen LogP) is 1.48. The third kappa shape index (κ3) is 2.44. The van der Waals surface area contributed by atoms with E-state index in [1.165, 1.54) is 18.3 Å². The number of H-pyrrole nitrogens is 1. The van der Waals surface area contributed by atoms with Crippen LogP contribution in [0.2, 0.25) is 0 Å². The van der Waals surface area contributed by atoms with Crippen LogP contribution >= 0.6 is 0 Å². The van der Waals surface area contributed by atoms with Crippen LogP contribution in [0.4, 0.5) is 4.39 Å². The van der Waals surface area contributed by atoms with E-state index in [4.69, 9.17) is 0 Å². The zero-order valence-corrected chi connectivity index (χ0v) is 8.40. The van der Waals surface area contributed by atoms with Crippen LogP contribution in [0.1, 0.15) is 16.1 Å². The highest BCUT2D eigenvalue weighted by Crippen LogP contribution is 2.02. The first-order valence-corrected chi connectivity index (χ1v) is 4.78. The Kier molecular flexibility index (Phi) is 2.95. The zero-order valence-electron chi connectivity index (χ0n) is 8.40. The van der Waals surface area contributed by atoms with Crippen molar-refractivity contribution in [3.63, 3.8) is 0 Å². The number of hydrogen-bond donors (Lipinski definition) is 2. The van der Waals surface area contributed by atoms with Crippen LogP contribution in [0.25, 0.3) is 0 Å². The van der Waals surface area contributed by atoms with Crippen molar-refractivity contribution in [2.24, 2.45) is 0 Å². The van der Waals surface area contributed by atoms with Crippen molar-refractivity contribution in [2.45, 2.75) is 6.54 Å². The third-order valence-corrected chi connectivity index (χ3v) is 2.11. The van der Waals surface area contributed by atoms with Crippen LogP contribution < -0.4 is 5.32 Å². The van der Waals surface area contributed by atoms with E-state index in [1.54, 1.807) is 18.2 Å². The lowest BCUT2D eigenvalue weighted by atomic mass is 10.2. The molecular formula is C11H10FN3O. The number of benzene rings is 1. The second-order valence-corrected chi connectivity index (χ2v) is 3.28. The van der Waals surface area contributed by atoms with Gasteiger partial charge in [0, 0.05) is 12.7 Å². The molecule has 4 nitrogen and oxygen atoms in total. The summed E-state index contributed by atoms with van der Waals surface area (Å²) >= 11 is 0. The SMILES string of the molecule is O=C(NCc1ccc(F)cc1)c1ccn[nH]1. The van der Waals surface area contributed by atoms with E-state index in [2.05, 4.69) is 15.5 Å². The Bertz CT molecular complexity index is 464. The van der Waals surface area contributed by atoms with Gasteiger partial charge in [-0.15, -0.1) is 0 Å². The standard InChI is InChI=1S/C11H10FN3O/c12-9-3-1-8(2-4-9)7-13-11(16)10-5-6-14-15-10/h1-6H,7H2,(H,13,16)(H,14,15). The molecule has 0 radical (unpaired) electrons. The molecule has 2 N–H and O–H groups in total. The summed E-state index contributed by atoms with van der Waals surface area (Å²) in [7, 11) is 0. The van der Waals surface area contributed by atoms with Crippen molar-refractivity contribution >= 4 is 5.91 Å². The number of rotatable bonds is 3. The first-order valence-electron chi connectivity index (χ1n) is 4.78. The van der Waals surface area contributed by atoms with Gasteiger partial charge in [0.2, 0.25) is 0 Å². The summed E-state index contributed by atoms with van der Waals surface area (Å²) in [5.41, 5.74) is 1.25. The van der Waals surface area contributed by atoms with E-state index in [0.29, 0.717) is 12.2 Å². The van der Waals surface area contributed by atoms with Gasteiger partial charge in [-0.2, -0.15) is 5.10 Å². The minimum Gasteiger partial charge on any atom is -0.347 e. The number of amides is 1. The molecular weight excluding hydrogens is 209 g/mol. The monoisotopic (exact) mass is 219 g/mol. The fourth-order valence-electron chi connectivity index (χ4n) is 1.26. The Balaban J connectivity index is 1.93. The Morgan fingerprint density at radius 3 is 2.69 bits per heavy atom. The first-order chi connectivity index (χ1) is 7.75. The van der Waals surface area contributed by atoms with Crippen LogP contribution in [-0.4, -0.2) is 16.1 Å². The lowest BCUT2D eigenvalue weighted by Crippen LogP contribution is -2.23. The Labute approximate surface area is 91.5 Å². The van der Waals surface area contributed by atoms with Gasteiger partial charge in [-0.25, -0.2) is 4.39 Å². The summed E-state index contributed by atoms with van der Waals surface area (Å²) in [5, 5.41) is 8.92. The smallest absolute Gasteiger partial charge is 0.269 e. The Morgan fingerprint density at radius 2 is 2.06 bits per heavy atom. The van der Waals surface area contributed by atoms with Gasteiger partial charge < -0.3 is 5.32 Å². The highest BCUT2D eigenvalue weighted by atomic mass is 19.1. The second kappa shape index (κ2) is 4.57. The van der Waals surface area contributed by atoms with E-state index >= 15 is 0 Å². The molecule has 1 heterocycles. The lowest BCUT2D eigenvalue weighted by Gasteiger charge is -2.03. The molecule has 0 atom stereocenters. The molecule has 2 aromatic rings. The average molecular weight is 219 g/mol. The highest BCUT2D eigenvalue weighted by molar-refractivity contribution is 5.91. The highest BCUT2D eigenvalue weighted by Gasteiger charge is 2.05. The molecule has 0 aliphatic heterocycles. The van der Waals surface area contributed by atoms with E-state index in [-0.39, 0.29) is 11.7 Å². The van der Waals surface area contributed by atoms with Gasteiger partial charge in [-0.05, 0) is 23.8 Å². The number of nitrogens with one attached hydrogen (secondary N) is 2. The number of aromatic nitrogens is 2. The number of nitrogens with zero attached hydrogens (tertiary/aromatic N) is 1. The molecule has 0 bridgehead atoms. The topological polar surface area (TPSA) is 57.8 Å². The van der Waals surface area contributed by atoms with Crippen molar-refractivity contribution in [3.8, 4) is 0 Å². The van der Waals surface area contributed by atoms with E-state index < -0.39 is 0 Å². The molecule has 2 rings (SSSR count). The molecule has 82 valence electrons. The molecule has 0 unspecified atom stereocenters. The summed E-state index contributed by atoms with van der Waals surface area (Å²) < 4.78 is 12.6. The van der Waals surface area contributed by atoms with Crippen LogP contribution in [0.15, 0.2) is 36.5 Å². The van der Waals surface area contributed by atoms with Gasteiger partial charge in [0.15, 0.2) is 0 Å². The van der Waals surface area contributed by atoms with Gasteiger partial charge in [0.1, 0.15) is 11.5 Å². The molecule has 16 heavy (non-hydrogen) atoms. The fourth-order valence-corrected chi connectivity index (χ4v) is 1.26. The maximum Gasteiger partial charge on any atom is 0.269 e. The molecule has 0 saturated heterocycles. The minimum absolute atomic E-state index is 0.234. The Morgan fingerprint density at radius 1 is 1.31 bits per heavy atom. The van der Waals surface area contributed by atoms with Crippen molar-refractivity contribution in [3.05, 3.63) is 53.6 Å². The number of carbonyl (C=O) groups is 1. The second-order valence-electron chi connectivity index (χ2n) is 3.28. The maximum atomic E-state index is 12.6. The molecule has 1 aromatic heterocycles. The molecule has 5 heteroatoms. The molecule has 0 saturated carbocycles. The summed E-state index contributed by atoms with van der Waals surface area (Å²) in [6, 6.07) is 7.56. The maximum absolute atomic E-state index is 12.6. The van der Waals surface area contributed by atoms with Gasteiger partial charge in [0.25, 0.3) is 5.91 Å². The number of hydrogen-bond acceptors (Lipinski definition) is 2. The van der Waals surface area contributed by atoms with Crippen molar-refractivity contribution in [2.75, 3.05) is 0 Å². The quantitative estimate of drug-likeness (QED) is 0.821. The van der Waals surface area contributed by atoms with E-state index in [1.807, 2.05) is 0 Å². The summed E-state index contributed by atoms with van der Waals surface area (Å²) in [4.78, 5) is 11.5. The average Bonchev–Trinajstić information content (AvgIpc) is 2.81. The van der Waals surface area contributed by atoms with E-state index in [9.17, 15) is 9.18 Å². The van der Waals surface area contributed by atoms with Crippen molar-refractivity contribution in [1.29, 1.82) is 0 Å². The Hall–Kier alpha value is -2.17. The summed E-state index contributed by atoms with van der Waals surface area (Å²) in [6.07, 6.45) is 1.51. The van der Waals surface area contributed by atoms with Gasteiger partial charge >= 0.3 is 0 Å². The molecule has 0 fully saturated rings. The lowest BCUT2D eigenvalue weighted by molar-refractivity contribution is 0.0946. The minimum atomic E-state index is -0.288. The van der Waals surface area contributed by atoms with Crippen LogP contribution in [0.3, 0.4) is 0 Å². The molecule has 1 amide bonds. The van der Waals surface area contributed by atoms with Gasteiger partial charge in [-0.1, -0.05) is 12.1 Å². The van der Waals surface area contributed by atoms with Crippen molar-refractivity contribution < 1.29 is 9.18 Å². The third-order valence-electron chi connectivity index (χ3n) is 2.11. The van der Waals surface area contributed by atoms with Gasteiger partial charge in [0.05, 0.1) is 0 Å². The normalized spacial score (nSPS) is 10.1. The number of halogens is 1. The molecule has 0 aliphatic rings. The fraction of sp³-hybridized carbons (Fsp3) is 0.0909. The zero-order chi connectivity index (χ0) is 11.4. The van der Waals surface area contributed by atoms with Gasteiger partial charge in [-0.3, -0.25) is 9.89 Å². The van der Waals surface area contributed by atoms with Crippen LogP contribution in [0, 0.1) is 5.82 Å².